The number of nitrogens with zero attached hydrogens (tertiary/aromatic N) is 2. The van der Waals surface area contributed by atoms with Crippen molar-refractivity contribution in [3.05, 3.63) is 58.2 Å². The molecule has 2 N–H and O–H groups in total. The van der Waals surface area contributed by atoms with Crippen molar-refractivity contribution in [2.45, 2.75) is 6.54 Å². The van der Waals surface area contributed by atoms with Crippen LogP contribution in [0.3, 0.4) is 0 Å². The maximum atomic E-state index is 13.4. The van der Waals surface area contributed by atoms with Crippen LogP contribution >= 0.6 is 11.3 Å². The SMILES string of the molecule is O=C(Cn1cnc2sccc2c1=O)NC(=O)Nc1ccccc1F. The lowest BCUT2D eigenvalue weighted by molar-refractivity contribution is -0.120. The van der Waals surface area contributed by atoms with Crippen LogP contribution in [0.15, 0.2) is 46.8 Å². The Morgan fingerprint density at radius 1 is 1.25 bits per heavy atom. The third-order valence-electron chi connectivity index (χ3n) is 3.14. The van der Waals surface area contributed by atoms with Crippen LogP contribution in [0.4, 0.5) is 14.9 Å². The summed E-state index contributed by atoms with van der Waals surface area (Å²) in [6.07, 6.45) is 1.25. The highest BCUT2D eigenvalue weighted by Crippen LogP contribution is 2.13. The molecule has 2 heterocycles. The molecule has 3 amide bonds. The predicted molar refractivity (Wildman–Crippen MR) is 87.4 cm³/mol. The van der Waals surface area contributed by atoms with E-state index in [-0.39, 0.29) is 17.8 Å². The summed E-state index contributed by atoms with van der Waals surface area (Å²) in [7, 11) is 0. The minimum atomic E-state index is -0.886. The lowest BCUT2D eigenvalue weighted by Gasteiger charge is -2.08. The van der Waals surface area contributed by atoms with Gasteiger partial charge in [0.25, 0.3) is 5.56 Å². The van der Waals surface area contributed by atoms with Gasteiger partial charge in [-0.2, -0.15) is 0 Å². The third kappa shape index (κ3) is 3.30. The second-order valence-corrected chi connectivity index (χ2v) is 5.69. The largest absolute Gasteiger partial charge is 0.326 e. The number of fused-ring (bicyclic) bond motifs is 1. The molecule has 0 radical (unpaired) electrons. The summed E-state index contributed by atoms with van der Waals surface area (Å²) >= 11 is 1.32. The number of thiophene rings is 1. The van der Waals surface area contributed by atoms with Crippen LogP contribution in [0.1, 0.15) is 0 Å². The van der Waals surface area contributed by atoms with Crippen LogP contribution in [0.25, 0.3) is 10.2 Å². The number of amides is 3. The average molecular weight is 346 g/mol. The third-order valence-corrected chi connectivity index (χ3v) is 3.96. The number of benzene rings is 1. The van der Waals surface area contributed by atoms with E-state index in [0.29, 0.717) is 10.2 Å². The molecule has 0 aliphatic heterocycles. The van der Waals surface area contributed by atoms with Crippen molar-refractivity contribution in [1.82, 2.24) is 14.9 Å². The zero-order valence-electron chi connectivity index (χ0n) is 12.2. The van der Waals surface area contributed by atoms with E-state index >= 15 is 0 Å². The molecule has 122 valence electrons. The van der Waals surface area contributed by atoms with Gasteiger partial charge in [-0.05, 0) is 23.6 Å². The second kappa shape index (κ2) is 6.59. The summed E-state index contributed by atoms with van der Waals surface area (Å²) < 4.78 is 14.5. The Kier molecular flexibility index (Phi) is 4.34. The second-order valence-electron chi connectivity index (χ2n) is 4.80. The van der Waals surface area contributed by atoms with Gasteiger partial charge in [0, 0.05) is 0 Å². The molecule has 9 heteroatoms. The number of rotatable bonds is 3. The van der Waals surface area contributed by atoms with E-state index in [0.717, 1.165) is 4.57 Å². The molecule has 24 heavy (non-hydrogen) atoms. The molecule has 0 aliphatic carbocycles. The maximum Gasteiger partial charge on any atom is 0.326 e. The molecule has 0 atom stereocenters. The number of hydrogen-bond acceptors (Lipinski definition) is 5. The Morgan fingerprint density at radius 2 is 2.04 bits per heavy atom. The van der Waals surface area contributed by atoms with Gasteiger partial charge in [0.05, 0.1) is 17.4 Å². The highest BCUT2D eigenvalue weighted by molar-refractivity contribution is 7.16. The lowest BCUT2D eigenvalue weighted by Crippen LogP contribution is -2.38. The molecule has 7 nitrogen and oxygen atoms in total. The van der Waals surface area contributed by atoms with Gasteiger partial charge in [-0.25, -0.2) is 14.2 Å². The monoisotopic (exact) mass is 346 g/mol. The van der Waals surface area contributed by atoms with Gasteiger partial charge in [0.1, 0.15) is 17.2 Å². The van der Waals surface area contributed by atoms with Crippen molar-refractivity contribution in [3.63, 3.8) is 0 Å². The molecule has 0 saturated carbocycles. The van der Waals surface area contributed by atoms with Crippen molar-refractivity contribution in [3.8, 4) is 0 Å². The van der Waals surface area contributed by atoms with E-state index < -0.39 is 17.8 Å². The number of para-hydroxylation sites is 1. The Hall–Kier alpha value is -3.07. The zero-order valence-corrected chi connectivity index (χ0v) is 13.0. The Morgan fingerprint density at radius 3 is 2.83 bits per heavy atom. The molecule has 0 saturated heterocycles. The van der Waals surface area contributed by atoms with Gasteiger partial charge < -0.3 is 5.32 Å². The summed E-state index contributed by atoms with van der Waals surface area (Å²) in [5, 5.41) is 6.39. The normalized spacial score (nSPS) is 10.5. The molecule has 0 fully saturated rings. The lowest BCUT2D eigenvalue weighted by atomic mass is 10.3. The fourth-order valence-electron chi connectivity index (χ4n) is 2.04. The topological polar surface area (TPSA) is 93.1 Å². The van der Waals surface area contributed by atoms with E-state index in [1.54, 1.807) is 17.5 Å². The molecule has 0 aliphatic rings. The summed E-state index contributed by atoms with van der Waals surface area (Å²) in [4.78, 5) is 40.4. The van der Waals surface area contributed by atoms with E-state index in [1.807, 2.05) is 5.32 Å². The summed E-state index contributed by atoms with van der Waals surface area (Å²) in [6.45, 7) is -0.373. The number of hydrogen-bond donors (Lipinski definition) is 2. The van der Waals surface area contributed by atoms with Crippen LogP contribution in [0, 0.1) is 5.82 Å². The summed E-state index contributed by atoms with van der Waals surface area (Å²) in [5.41, 5.74) is -0.424. The summed E-state index contributed by atoms with van der Waals surface area (Å²) in [6, 6.07) is 6.29. The molecular weight excluding hydrogens is 335 g/mol. The van der Waals surface area contributed by atoms with E-state index in [4.69, 9.17) is 0 Å². The molecular formula is C15H11FN4O3S. The van der Waals surface area contributed by atoms with Gasteiger partial charge >= 0.3 is 6.03 Å². The highest BCUT2D eigenvalue weighted by atomic mass is 32.1. The Labute approximate surface area is 138 Å². The zero-order chi connectivity index (χ0) is 17.1. The summed E-state index contributed by atoms with van der Waals surface area (Å²) in [5.74, 6) is -1.34. The number of nitrogens with one attached hydrogen (secondary N) is 2. The van der Waals surface area contributed by atoms with Gasteiger partial charge in [-0.1, -0.05) is 12.1 Å². The first-order chi connectivity index (χ1) is 11.5. The quantitative estimate of drug-likeness (QED) is 0.758. The molecule has 2 aromatic heterocycles. The van der Waals surface area contributed by atoms with Crippen LogP contribution in [0.5, 0.6) is 0 Å². The van der Waals surface area contributed by atoms with Gasteiger partial charge in [0.2, 0.25) is 5.91 Å². The maximum absolute atomic E-state index is 13.4. The molecule has 0 bridgehead atoms. The van der Waals surface area contributed by atoms with Gasteiger partial charge in [-0.15, -0.1) is 11.3 Å². The smallest absolute Gasteiger partial charge is 0.305 e. The highest BCUT2D eigenvalue weighted by Gasteiger charge is 2.12. The predicted octanol–water partition coefficient (Wildman–Crippen LogP) is 1.95. The first kappa shape index (κ1) is 15.8. The first-order valence-corrected chi connectivity index (χ1v) is 7.70. The number of carbonyl (C=O) groups is 2. The van der Waals surface area contributed by atoms with Gasteiger partial charge in [-0.3, -0.25) is 19.5 Å². The number of urea groups is 1. The molecule has 1 aromatic carbocycles. The minimum absolute atomic E-state index is 0.0543. The van der Waals surface area contributed by atoms with Crippen molar-refractivity contribution < 1.29 is 14.0 Å². The number of halogens is 1. The van der Waals surface area contributed by atoms with Crippen LogP contribution in [0.2, 0.25) is 0 Å². The number of aromatic nitrogens is 2. The van der Waals surface area contributed by atoms with Crippen molar-refractivity contribution >= 4 is 39.2 Å². The molecule has 0 spiro atoms. The van der Waals surface area contributed by atoms with E-state index in [9.17, 15) is 18.8 Å². The molecule has 3 rings (SSSR count). The standard InChI is InChI=1S/C15H11FN4O3S/c16-10-3-1-2-4-11(10)18-15(23)19-12(21)7-20-8-17-13-9(14(20)22)5-6-24-13/h1-6,8H,7H2,(H2,18,19,21,23). The van der Waals surface area contributed by atoms with Crippen molar-refractivity contribution in [1.29, 1.82) is 0 Å². The van der Waals surface area contributed by atoms with E-state index in [1.165, 1.54) is 35.9 Å². The fraction of sp³-hybridized carbons (Fsp3) is 0.0667. The van der Waals surface area contributed by atoms with Crippen LogP contribution in [-0.4, -0.2) is 21.5 Å². The van der Waals surface area contributed by atoms with Gasteiger partial charge in [0.15, 0.2) is 0 Å². The van der Waals surface area contributed by atoms with Crippen LogP contribution < -0.4 is 16.2 Å². The minimum Gasteiger partial charge on any atom is -0.305 e. The van der Waals surface area contributed by atoms with Crippen LogP contribution in [-0.2, 0) is 11.3 Å². The Bertz CT molecular complexity index is 982. The van der Waals surface area contributed by atoms with E-state index in [2.05, 4.69) is 10.3 Å². The average Bonchev–Trinajstić information content (AvgIpc) is 3.01. The molecule has 0 unspecified atom stereocenters. The molecule has 3 aromatic rings. The van der Waals surface area contributed by atoms with Crippen molar-refractivity contribution in [2.24, 2.45) is 0 Å². The Balaban J connectivity index is 1.66. The number of imide groups is 1. The number of carbonyl (C=O) groups excluding carboxylic acids is 2. The van der Waals surface area contributed by atoms with Crippen molar-refractivity contribution in [2.75, 3.05) is 5.32 Å². The first-order valence-electron chi connectivity index (χ1n) is 6.82. The fourth-order valence-corrected chi connectivity index (χ4v) is 2.77. The number of anilines is 1.